The highest BCUT2D eigenvalue weighted by Gasteiger charge is 2.26. The molecule has 0 unspecified atom stereocenters. The first-order chi connectivity index (χ1) is 17.0. The molecule has 0 aromatic heterocycles. The number of nitrogens with zero attached hydrogens (tertiary/aromatic N) is 2. The Morgan fingerprint density at radius 1 is 1.09 bits per heavy atom. The smallest absolute Gasteiger partial charge is 0.268 e. The lowest BCUT2D eigenvalue weighted by molar-refractivity contribution is -0.114. The molecular weight excluding hydrogens is 464 g/mol. The van der Waals surface area contributed by atoms with E-state index >= 15 is 0 Å². The lowest BCUT2D eigenvalue weighted by atomic mass is 10.1. The van der Waals surface area contributed by atoms with Crippen molar-refractivity contribution in [3.63, 3.8) is 0 Å². The van der Waals surface area contributed by atoms with Gasteiger partial charge in [0.25, 0.3) is 5.91 Å². The Kier molecular flexibility index (Phi) is 7.59. The summed E-state index contributed by atoms with van der Waals surface area (Å²) in [6, 6.07) is 20.6. The van der Waals surface area contributed by atoms with E-state index in [9.17, 15) is 10.1 Å². The first-order valence-corrected chi connectivity index (χ1v) is 11.6. The van der Waals surface area contributed by atoms with Gasteiger partial charge >= 0.3 is 0 Å². The fourth-order valence-electron chi connectivity index (χ4n) is 3.91. The van der Waals surface area contributed by atoms with Crippen molar-refractivity contribution in [2.45, 2.75) is 13.3 Å². The molecule has 0 fully saturated rings. The number of hydrogen-bond acceptors (Lipinski definition) is 5. The van der Waals surface area contributed by atoms with E-state index < -0.39 is 0 Å². The summed E-state index contributed by atoms with van der Waals surface area (Å²) in [7, 11) is 1.54. The zero-order valence-corrected chi connectivity index (χ0v) is 20.3. The Labute approximate surface area is 209 Å². The van der Waals surface area contributed by atoms with Crippen LogP contribution in [-0.2, 0) is 11.2 Å². The maximum absolute atomic E-state index is 13.1. The topological polar surface area (TPSA) is 71.8 Å². The van der Waals surface area contributed by atoms with E-state index in [2.05, 4.69) is 0 Å². The molecule has 1 heterocycles. The van der Waals surface area contributed by atoms with Crippen LogP contribution in [0.2, 0.25) is 5.02 Å². The first-order valence-electron chi connectivity index (χ1n) is 11.2. The van der Waals surface area contributed by atoms with Gasteiger partial charge in [-0.05, 0) is 72.5 Å². The lowest BCUT2D eigenvalue weighted by Gasteiger charge is -2.16. The summed E-state index contributed by atoms with van der Waals surface area (Å²) >= 11 is 6.04. The molecule has 6 nitrogen and oxygen atoms in total. The van der Waals surface area contributed by atoms with E-state index in [0.717, 1.165) is 29.0 Å². The summed E-state index contributed by atoms with van der Waals surface area (Å²) < 4.78 is 17.0. The minimum atomic E-state index is -0.314. The van der Waals surface area contributed by atoms with Gasteiger partial charge in [0.05, 0.1) is 7.11 Å². The van der Waals surface area contributed by atoms with Gasteiger partial charge in [-0.3, -0.25) is 4.79 Å². The molecule has 0 radical (unpaired) electrons. The van der Waals surface area contributed by atoms with Crippen molar-refractivity contribution in [1.29, 1.82) is 5.26 Å². The Hall–Kier alpha value is -3.95. The van der Waals surface area contributed by atoms with Gasteiger partial charge < -0.3 is 19.1 Å². The monoisotopic (exact) mass is 488 g/mol. The van der Waals surface area contributed by atoms with Crippen molar-refractivity contribution in [1.82, 2.24) is 0 Å². The number of aryl methyl sites for hydroxylation is 1. The number of ether oxygens (including phenoxy) is 3. The van der Waals surface area contributed by atoms with Gasteiger partial charge in [-0.2, -0.15) is 5.26 Å². The van der Waals surface area contributed by atoms with Crippen LogP contribution >= 0.6 is 11.6 Å². The number of amides is 1. The van der Waals surface area contributed by atoms with Crippen molar-refractivity contribution < 1.29 is 19.0 Å². The third-order valence-electron chi connectivity index (χ3n) is 5.72. The number of nitriles is 1. The number of benzene rings is 3. The molecule has 0 N–H and O–H groups in total. The normalized spacial score (nSPS) is 12.6. The van der Waals surface area contributed by atoms with Crippen molar-refractivity contribution >= 4 is 29.3 Å². The zero-order chi connectivity index (χ0) is 24.8. The number of rotatable bonds is 8. The summed E-state index contributed by atoms with van der Waals surface area (Å²) in [5.41, 5.74) is 3.63. The van der Waals surface area contributed by atoms with Crippen LogP contribution < -0.4 is 19.1 Å². The lowest BCUT2D eigenvalue weighted by Crippen LogP contribution is -2.29. The molecule has 0 spiro atoms. The van der Waals surface area contributed by atoms with E-state index in [1.54, 1.807) is 42.4 Å². The molecule has 3 aromatic carbocycles. The van der Waals surface area contributed by atoms with E-state index in [1.165, 1.54) is 0 Å². The van der Waals surface area contributed by atoms with Gasteiger partial charge in [-0.25, -0.2) is 0 Å². The predicted molar refractivity (Wildman–Crippen MR) is 136 cm³/mol. The third-order valence-corrected chi connectivity index (χ3v) is 6.14. The highest BCUT2D eigenvalue weighted by atomic mass is 35.5. The number of fused-ring (bicyclic) bond motifs is 1. The molecule has 0 bridgehead atoms. The number of methoxy groups -OCH3 is 1. The SMILES string of the molecule is COc1cc(/C=C(\C#N)C(=O)N2CCc3ccccc32)ccc1OCCOc1ccc(Cl)c(C)c1. The minimum Gasteiger partial charge on any atom is -0.493 e. The largest absolute Gasteiger partial charge is 0.493 e. The van der Waals surface area contributed by atoms with Crippen molar-refractivity contribution in [2.75, 3.05) is 31.8 Å². The predicted octanol–water partition coefficient (Wildman–Crippen LogP) is 5.61. The molecule has 1 aliphatic rings. The molecule has 0 saturated carbocycles. The van der Waals surface area contributed by atoms with E-state index in [-0.39, 0.29) is 11.5 Å². The first kappa shape index (κ1) is 24.2. The van der Waals surface area contributed by atoms with Gasteiger partial charge in [0, 0.05) is 17.3 Å². The summed E-state index contributed by atoms with van der Waals surface area (Å²) in [5, 5.41) is 10.4. The highest BCUT2D eigenvalue weighted by Crippen LogP contribution is 2.31. The van der Waals surface area contributed by atoms with Crippen LogP contribution in [0.4, 0.5) is 5.69 Å². The van der Waals surface area contributed by atoms with Crippen molar-refractivity contribution in [2.24, 2.45) is 0 Å². The van der Waals surface area contributed by atoms with Crippen LogP contribution in [0.25, 0.3) is 6.08 Å². The molecule has 0 saturated heterocycles. The number of anilines is 1. The van der Waals surface area contributed by atoms with Gasteiger partial charge in [0.15, 0.2) is 11.5 Å². The Morgan fingerprint density at radius 2 is 1.89 bits per heavy atom. The maximum Gasteiger partial charge on any atom is 0.268 e. The average molecular weight is 489 g/mol. The van der Waals surface area contributed by atoms with E-state index in [1.807, 2.05) is 49.4 Å². The van der Waals surface area contributed by atoms with Crippen LogP contribution in [0.5, 0.6) is 17.2 Å². The number of hydrogen-bond donors (Lipinski definition) is 0. The number of para-hydroxylation sites is 1. The summed E-state index contributed by atoms with van der Waals surface area (Å²) in [6.45, 7) is 3.13. The van der Waals surface area contributed by atoms with Crippen LogP contribution in [-0.4, -0.2) is 32.8 Å². The molecule has 7 heteroatoms. The Balaban J connectivity index is 1.41. The van der Waals surface area contributed by atoms with Crippen LogP contribution in [0.3, 0.4) is 0 Å². The van der Waals surface area contributed by atoms with E-state index in [4.69, 9.17) is 25.8 Å². The maximum atomic E-state index is 13.1. The molecule has 4 rings (SSSR count). The summed E-state index contributed by atoms with van der Waals surface area (Å²) in [5.74, 6) is 1.44. The second-order valence-electron chi connectivity index (χ2n) is 8.02. The summed E-state index contributed by atoms with van der Waals surface area (Å²) in [6.07, 6.45) is 2.35. The Morgan fingerprint density at radius 3 is 2.66 bits per heavy atom. The molecule has 178 valence electrons. The summed E-state index contributed by atoms with van der Waals surface area (Å²) in [4.78, 5) is 14.7. The fourth-order valence-corrected chi connectivity index (χ4v) is 4.03. The zero-order valence-electron chi connectivity index (χ0n) is 19.6. The standard InChI is InChI=1S/C28H25ClN2O4/c1-19-15-23(8-9-24(19)29)34-13-14-35-26-10-7-20(17-27(26)33-2)16-22(18-30)28(32)31-12-11-21-5-3-4-6-25(21)31/h3-10,15-17H,11-14H2,1-2H3/b22-16+. The van der Waals surface area contributed by atoms with Gasteiger partial charge in [-0.15, -0.1) is 0 Å². The molecule has 3 aromatic rings. The fraction of sp³-hybridized carbons (Fsp3) is 0.214. The average Bonchev–Trinajstić information content (AvgIpc) is 3.31. The van der Waals surface area contributed by atoms with Gasteiger partial charge in [0.2, 0.25) is 0 Å². The van der Waals surface area contributed by atoms with Gasteiger partial charge in [-0.1, -0.05) is 35.9 Å². The highest BCUT2D eigenvalue weighted by molar-refractivity contribution is 6.31. The Bertz CT molecular complexity index is 1310. The molecule has 1 amide bonds. The quantitative estimate of drug-likeness (QED) is 0.234. The van der Waals surface area contributed by atoms with Crippen molar-refractivity contribution in [3.8, 4) is 23.3 Å². The second kappa shape index (κ2) is 11.0. The van der Waals surface area contributed by atoms with Gasteiger partial charge in [0.1, 0.15) is 30.6 Å². The third kappa shape index (κ3) is 5.59. The molecule has 0 atom stereocenters. The second-order valence-corrected chi connectivity index (χ2v) is 8.43. The van der Waals surface area contributed by atoms with Crippen LogP contribution in [0.15, 0.2) is 66.2 Å². The molecular formula is C28H25ClN2O4. The molecule has 1 aliphatic heterocycles. The van der Waals surface area contributed by atoms with Crippen LogP contribution in [0.1, 0.15) is 16.7 Å². The van der Waals surface area contributed by atoms with Crippen molar-refractivity contribution in [3.05, 3.63) is 87.9 Å². The molecule has 0 aliphatic carbocycles. The number of carbonyl (C=O) groups is 1. The minimum absolute atomic E-state index is 0.0593. The van der Waals surface area contributed by atoms with Crippen LogP contribution in [0, 0.1) is 18.3 Å². The number of carbonyl (C=O) groups excluding carboxylic acids is 1. The molecule has 35 heavy (non-hydrogen) atoms. The van der Waals surface area contributed by atoms with E-state index in [0.29, 0.717) is 41.8 Å². The number of halogens is 1.